The van der Waals surface area contributed by atoms with Crippen molar-refractivity contribution in [3.63, 3.8) is 0 Å². The minimum Gasteiger partial charge on any atom is -0.223 e. The molecule has 1 aromatic rings. The molecule has 0 aromatic heterocycles. The van der Waals surface area contributed by atoms with Gasteiger partial charge >= 0.3 is 0 Å². The average Bonchev–Trinajstić information content (AvgIpc) is 2.16. The molecule has 5 heteroatoms. The van der Waals surface area contributed by atoms with Crippen molar-refractivity contribution in [3.8, 4) is 6.07 Å². The molecule has 0 aliphatic rings. The van der Waals surface area contributed by atoms with Crippen molar-refractivity contribution in [3.05, 3.63) is 23.8 Å². The van der Waals surface area contributed by atoms with Crippen molar-refractivity contribution in [2.24, 2.45) is 0 Å². The second kappa shape index (κ2) is 4.25. The van der Waals surface area contributed by atoms with Gasteiger partial charge in [0.15, 0.2) is 9.84 Å². The number of rotatable bonds is 2. The van der Waals surface area contributed by atoms with Crippen LogP contribution in [0.15, 0.2) is 28.0 Å². The number of benzene rings is 1. The molecule has 0 N–H and O–H groups in total. The predicted octanol–water partition coefficient (Wildman–Crippen LogP) is 2.03. The van der Waals surface area contributed by atoms with Crippen LogP contribution in [0.5, 0.6) is 0 Å². The van der Waals surface area contributed by atoms with Gasteiger partial charge in [0.05, 0.1) is 15.7 Å². The Kier molecular flexibility index (Phi) is 3.42. The Morgan fingerprint density at radius 1 is 1.40 bits per heavy atom. The van der Waals surface area contributed by atoms with Crippen LogP contribution in [0.25, 0.3) is 0 Å². The van der Waals surface area contributed by atoms with Gasteiger partial charge in [-0.15, -0.1) is 12.6 Å². The molecule has 0 aliphatic heterocycles. The third-order valence-electron chi connectivity index (χ3n) is 2.01. The maximum atomic E-state index is 11.8. The van der Waals surface area contributed by atoms with Gasteiger partial charge in [0.1, 0.15) is 6.07 Å². The van der Waals surface area contributed by atoms with Crippen LogP contribution >= 0.6 is 12.6 Å². The van der Waals surface area contributed by atoms with E-state index in [-0.39, 0.29) is 10.5 Å². The van der Waals surface area contributed by atoms with Crippen molar-refractivity contribution in [2.45, 2.75) is 28.9 Å². The second-order valence-electron chi connectivity index (χ2n) is 3.39. The number of hydrogen-bond acceptors (Lipinski definition) is 4. The molecule has 0 aliphatic carbocycles. The molecule has 1 aromatic carbocycles. The summed E-state index contributed by atoms with van der Waals surface area (Å²) in [4.78, 5) is 0.659. The topological polar surface area (TPSA) is 57.9 Å². The number of nitriles is 1. The van der Waals surface area contributed by atoms with Crippen molar-refractivity contribution in [1.82, 2.24) is 0 Å². The van der Waals surface area contributed by atoms with Crippen molar-refractivity contribution >= 4 is 22.5 Å². The molecule has 0 heterocycles. The molecule has 0 amide bonds. The highest BCUT2D eigenvalue weighted by atomic mass is 32.2. The van der Waals surface area contributed by atoms with E-state index in [4.69, 9.17) is 5.26 Å². The summed E-state index contributed by atoms with van der Waals surface area (Å²) < 4.78 is 23.7. The zero-order chi connectivity index (χ0) is 11.6. The molecule has 15 heavy (non-hydrogen) atoms. The lowest BCUT2D eigenvalue weighted by molar-refractivity contribution is 0.587. The average molecular weight is 241 g/mol. The van der Waals surface area contributed by atoms with Gasteiger partial charge in [-0.1, -0.05) is 0 Å². The smallest absolute Gasteiger partial charge is 0.181 e. The van der Waals surface area contributed by atoms with E-state index in [0.29, 0.717) is 4.90 Å². The summed E-state index contributed by atoms with van der Waals surface area (Å²) in [5.41, 5.74) is 0.149. The molecule has 1 rings (SSSR count). The van der Waals surface area contributed by atoms with E-state index < -0.39 is 15.1 Å². The van der Waals surface area contributed by atoms with Gasteiger partial charge in [-0.25, -0.2) is 8.42 Å². The molecule has 3 nitrogen and oxygen atoms in total. The Balaban J connectivity index is 3.47. The quantitative estimate of drug-likeness (QED) is 0.806. The van der Waals surface area contributed by atoms with Crippen molar-refractivity contribution in [2.75, 3.05) is 0 Å². The van der Waals surface area contributed by atoms with Crippen LogP contribution in [0.1, 0.15) is 19.4 Å². The first-order valence-corrected chi connectivity index (χ1v) is 6.36. The molecule has 80 valence electrons. The van der Waals surface area contributed by atoms with Gasteiger partial charge in [0.2, 0.25) is 0 Å². The molecule has 0 spiro atoms. The molecular formula is C10H11NO2S2. The van der Waals surface area contributed by atoms with Crippen LogP contribution in [0.4, 0.5) is 0 Å². The summed E-state index contributed by atoms with van der Waals surface area (Å²) in [7, 11) is -3.39. The largest absolute Gasteiger partial charge is 0.223 e. The minimum absolute atomic E-state index is 0.0813. The standard InChI is InChI=1S/C10H11NO2S2/c1-7(2)15(12,13)10-4-3-9(14)5-8(10)6-11/h3-5,7,14H,1-2H3. The summed E-state index contributed by atoms with van der Waals surface area (Å²) >= 11 is 4.06. The summed E-state index contributed by atoms with van der Waals surface area (Å²) in [6, 6.07) is 6.32. The molecule has 0 radical (unpaired) electrons. The lowest BCUT2D eigenvalue weighted by Crippen LogP contribution is -2.15. The maximum Gasteiger partial charge on any atom is 0.181 e. The molecule has 0 saturated carbocycles. The van der Waals surface area contributed by atoms with Gasteiger partial charge in [0, 0.05) is 4.90 Å². The fraction of sp³-hybridized carbons (Fsp3) is 0.300. The highest BCUT2D eigenvalue weighted by Gasteiger charge is 2.22. The Hall–Kier alpha value is -0.990. The molecule has 0 fully saturated rings. The second-order valence-corrected chi connectivity index (χ2v) is 6.38. The Bertz CT molecular complexity index is 513. The van der Waals surface area contributed by atoms with Gasteiger partial charge in [0.25, 0.3) is 0 Å². The fourth-order valence-electron chi connectivity index (χ4n) is 1.11. The van der Waals surface area contributed by atoms with E-state index >= 15 is 0 Å². The molecule has 0 atom stereocenters. The van der Waals surface area contributed by atoms with Crippen LogP contribution < -0.4 is 0 Å². The van der Waals surface area contributed by atoms with E-state index in [1.165, 1.54) is 12.1 Å². The van der Waals surface area contributed by atoms with Crippen LogP contribution in [-0.2, 0) is 9.84 Å². The summed E-state index contributed by atoms with van der Waals surface area (Å²) in [5.74, 6) is 0. The Morgan fingerprint density at radius 2 is 2.00 bits per heavy atom. The third-order valence-corrected chi connectivity index (χ3v) is 4.50. The maximum absolute atomic E-state index is 11.8. The highest BCUT2D eigenvalue weighted by molar-refractivity contribution is 7.92. The summed E-state index contributed by atoms with van der Waals surface area (Å²) in [6.07, 6.45) is 0. The number of nitrogens with zero attached hydrogens (tertiary/aromatic N) is 1. The van der Waals surface area contributed by atoms with E-state index in [9.17, 15) is 8.42 Å². The molecular weight excluding hydrogens is 230 g/mol. The number of thiol groups is 1. The van der Waals surface area contributed by atoms with E-state index in [0.717, 1.165) is 0 Å². The van der Waals surface area contributed by atoms with Gasteiger partial charge < -0.3 is 0 Å². The van der Waals surface area contributed by atoms with Crippen molar-refractivity contribution < 1.29 is 8.42 Å². The van der Waals surface area contributed by atoms with Crippen LogP contribution in [0.2, 0.25) is 0 Å². The number of hydrogen-bond donors (Lipinski definition) is 1. The lowest BCUT2D eigenvalue weighted by Gasteiger charge is -2.09. The van der Waals surface area contributed by atoms with E-state index in [1.807, 2.05) is 6.07 Å². The Labute approximate surface area is 95.1 Å². The van der Waals surface area contributed by atoms with Gasteiger partial charge in [-0.05, 0) is 32.0 Å². The zero-order valence-electron chi connectivity index (χ0n) is 8.43. The molecule has 0 saturated heterocycles. The summed E-state index contributed by atoms with van der Waals surface area (Å²) in [6.45, 7) is 3.18. The van der Waals surface area contributed by atoms with Crippen molar-refractivity contribution in [1.29, 1.82) is 5.26 Å². The van der Waals surface area contributed by atoms with Crippen LogP contribution in [-0.4, -0.2) is 13.7 Å². The molecule has 0 bridgehead atoms. The highest BCUT2D eigenvalue weighted by Crippen LogP contribution is 2.22. The van der Waals surface area contributed by atoms with Gasteiger partial charge in [-0.3, -0.25) is 0 Å². The summed E-state index contributed by atoms with van der Waals surface area (Å²) in [5, 5.41) is 8.31. The SMILES string of the molecule is CC(C)S(=O)(=O)c1ccc(S)cc1C#N. The first kappa shape index (κ1) is 12.1. The third kappa shape index (κ3) is 2.33. The number of sulfone groups is 1. The van der Waals surface area contributed by atoms with E-state index in [1.54, 1.807) is 19.9 Å². The molecule has 0 unspecified atom stereocenters. The van der Waals surface area contributed by atoms with Crippen LogP contribution in [0.3, 0.4) is 0 Å². The first-order chi connectivity index (χ1) is 6.89. The first-order valence-electron chi connectivity index (χ1n) is 4.36. The minimum atomic E-state index is -3.39. The zero-order valence-corrected chi connectivity index (χ0v) is 10.1. The monoisotopic (exact) mass is 241 g/mol. The normalized spacial score (nSPS) is 11.4. The van der Waals surface area contributed by atoms with E-state index in [2.05, 4.69) is 12.6 Å². The lowest BCUT2D eigenvalue weighted by atomic mass is 10.2. The fourth-order valence-corrected chi connectivity index (χ4v) is 2.49. The predicted molar refractivity (Wildman–Crippen MR) is 60.7 cm³/mol. The van der Waals surface area contributed by atoms with Gasteiger partial charge in [-0.2, -0.15) is 5.26 Å². The Morgan fingerprint density at radius 3 is 2.47 bits per heavy atom. The van der Waals surface area contributed by atoms with Crippen LogP contribution in [0, 0.1) is 11.3 Å².